The van der Waals surface area contributed by atoms with E-state index >= 15 is 0 Å². The Labute approximate surface area is 142 Å². The second-order valence-corrected chi connectivity index (χ2v) is 6.36. The highest BCUT2D eigenvalue weighted by Crippen LogP contribution is 2.24. The minimum Gasteiger partial charge on any atom is -0.410 e. The van der Waals surface area contributed by atoms with Crippen LogP contribution in [-0.4, -0.2) is 20.0 Å². The van der Waals surface area contributed by atoms with Crippen LogP contribution >= 0.6 is 11.3 Å². The SMILES string of the molecule is Cc1c(-c2nc3ccccc3s/c2=N\O)cnn1-c1ccccc1. The first-order valence-corrected chi connectivity index (χ1v) is 8.28. The lowest BCUT2D eigenvalue weighted by Gasteiger charge is -2.06. The molecule has 4 rings (SSSR count). The Kier molecular flexibility index (Phi) is 3.59. The fourth-order valence-electron chi connectivity index (χ4n) is 2.67. The topological polar surface area (TPSA) is 63.3 Å². The van der Waals surface area contributed by atoms with E-state index in [-0.39, 0.29) is 0 Å². The third kappa shape index (κ3) is 2.37. The number of hydrogen-bond donors (Lipinski definition) is 1. The maximum Gasteiger partial charge on any atom is 0.182 e. The first-order chi connectivity index (χ1) is 11.8. The Hall–Kier alpha value is -2.99. The minimum absolute atomic E-state index is 0.476. The van der Waals surface area contributed by atoms with E-state index in [0.29, 0.717) is 10.4 Å². The van der Waals surface area contributed by atoms with Crippen LogP contribution in [0.3, 0.4) is 0 Å². The summed E-state index contributed by atoms with van der Waals surface area (Å²) < 4.78 is 3.31. The smallest absolute Gasteiger partial charge is 0.182 e. The normalized spacial score (nSPS) is 12.0. The molecule has 0 spiro atoms. The number of rotatable bonds is 2. The zero-order valence-electron chi connectivity index (χ0n) is 12.9. The molecule has 0 radical (unpaired) electrons. The minimum atomic E-state index is 0.476. The van der Waals surface area contributed by atoms with Crippen LogP contribution in [0.15, 0.2) is 65.9 Å². The van der Waals surface area contributed by atoms with Crippen LogP contribution in [0.1, 0.15) is 5.69 Å². The molecule has 24 heavy (non-hydrogen) atoms. The van der Waals surface area contributed by atoms with Gasteiger partial charge in [0, 0.05) is 5.56 Å². The predicted octanol–water partition coefficient (Wildman–Crippen LogP) is 3.75. The molecule has 0 amide bonds. The van der Waals surface area contributed by atoms with E-state index < -0.39 is 0 Å². The molecule has 0 aliphatic rings. The van der Waals surface area contributed by atoms with Crippen molar-refractivity contribution in [1.82, 2.24) is 14.8 Å². The summed E-state index contributed by atoms with van der Waals surface area (Å²) in [7, 11) is 0. The molecule has 0 saturated carbocycles. The van der Waals surface area contributed by atoms with Gasteiger partial charge < -0.3 is 5.21 Å². The van der Waals surface area contributed by atoms with Crippen LogP contribution in [0.2, 0.25) is 0 Å². The zero-order chi connectivity index (χ0) is 16.5. The summed E-state index contributed by atoms with van der Waals surface area (Å²) in [5.41, 5.74) is 4.29. The molecule has 0 saturated heterocycles. The van der Waals surface area contributed by atoms with E-state index in [2.05, 4.69) is 15.2 Å². The van der Waals surface area contributed by atoms with Gasteiger partial charge >= 0.3 is 0 Å². The van der Waals surface area contributed by atoms with E-state index in [4.69, 9.17) is 0 Å². The molecule has 2 aromatic carbocycles. The van der Waals surface area contributed by atoms with Crippen molar-refractivity contribution in [3.05, 3.63) is 71.2 Å². The number of hydrogen-bond acceptors (Lipinski definition) is 5. The van der Waals surface area contributed by atoms with Crippen LogP contribution < -0.4 is 4.67 Å². The molecular weight excluding hydrogens is 320 g/mol. The standard InChI is InChI=1S/C18H14N4OS/c1-12-14(11-19-22(12)13-7-3-2-4-8-13)17-18(21-23)24-16-10-6-5-9-15(16)20-17/h2-11,23H,1H3/b21-18-. The second kappa shape index (κ2) is 5.90. The summed E-state index contributed by atoms with van der Waals surface area (Å²) in [6.07, 6.45) is 1.76. The average molecular weight is 334 g/mol. The van der Waals surface area contributed by atoms with Gasteiger partial charge in [0.05, 0.1) is 27.8 Å². The lowest BCUT2D eigenvalue weighted by Crippen LogP contribution is -2.06. The van der Waals surface area contributed by atoms with Crippen LogP contribution in [0.25, 0.3) is 27.2 Å². The quantitative estimate of drug-likeness (QED) is 0.448. The Morgan fingerprint density at radius 2 is 1.79 bits per heavy atom. The van der Waals surface area contributed by atoms with Crippen molar-refractivity contribution in [2.75, 3.05) is 0 Å². The van der Waals surface area contributed by atoms with Gasteiger partial charge in [-0.15, -0.1) is 11.3 Å². The highest BCUT2D eigenvalue weighted by Gasteiger charge is 2.14. The van der Waals surface area contributed by atoms with Gasteiger partial charge in [0.1, 0.15) is 5.69 Å². The van der Waals surface area contributed by atoms with E-state index in [9.17, 15) is 5.21 Å². The van der Waals surface area contributed by atoms with Crippen LogP contribution in [0, 0.1) is 6.92 Å². The van der Waals surface area contributed by atoms with Crippen molar-refractivity contribution >= 4 is 21.6 Å². The summed E-state index contributed by atoms with van der Waals surface area (Å²) in [5, 5.41) is 17.3. The van der Waals surface area contributed by atoms with Crippen molar-refractivity contribution in [2.45, 2.75) is 6.92 Å². The van der Waals surface area contributed by atoms with Crippen LogP contribution in [-0.2, 0) is 0 Å². The molecule has 2 heterocycles. The van der Waals surface area contributed by atoms with Crippen molar-refractivity contribution < 1.29 is 5.21 Å². The largest absolute Gasteiger partial charge is 0.410 e. The molecule has 6 heteroatoms. The second-order valence-electron chi connectivity index (χ2n) is 5.33. The van der Waals surface area contributed by atoms with Gasteiger partial charge in [-0.2, -0.15) is 5.10 Å². The maximum absolute atomic E-state index is 9.42. The van der Waals surface area contributed by atoms with Gasteiger partial charge in [-0.3, -0.25) is 0 Å². The van der Waals surface area contributed by atoms with Gasteiger partial charge in [0.15, 0.2) is 4.67 Å². The number of aromatic nitrogens is 3. The fourth-order valence-corrected chi connectivity index (χ4v) is 3.54. The molecule has 0 unspecified atom stereocenters. The number of para-hydroxylation sites is 2. The van der Waals surface area contributed by atoms with E-state index in [1.807, 2.05) is 66.2 Å². The summed E-state index contributed by atoms with van der Waals surface area (Å²) in [6.45, 7) is 1.98. The van der Waals surface area contributed by atoms with Gasteiger partial charge in [0.25, 0.3) is 0 Å². The molecule has 0 fully saturated rings. The summed E-state index contributed by atoms with van der Waals surface area (Å²) in [6, 6.07) is 17.7. The fraction of sp³-hybridized carbons (Fsp3) is 0.0556. The summed E-state index contributed by atoms with van der Waals surface area (Å²) in [5.74, 6) is 0. The number of nitrogens with zero attached hydrogens (tertiary/aromatic N) is 4. The molecule has 118 valence electrons. The number of fused-ring (bicyclic) bond motifs is 1. The highest BCUT2D eigenvalue weighted by atomic mass is 32.1. The van der Waals surface area contributed by atoms with E-state index in [0.717, 1.165) is 27.2 Å². The molecule has 0 bridgehead atoms. The summed E-state index contributed by atoms with van der Waals surface area (Å²) >= 11 is 1.41. The zero-order valence-corrected chi connectivity index (χ0v) is 13.7. The van der Waals surface area contributed by atoms with E-state index in [1.54, 1.807) is 6.20 Å². The van der Waals surface area contributed by atoms with Gasteiger partial charge in [-0.1, -0.05) is 35.5 Å². The Bertz CT molecular complexity index is 1080. The molecule has 2 aromatic heterocycles. The van der Waals surface area contributed by atoms with Crippen LogP contribution in [0.4, 0.5) is 0 Å². The first-order valence-electron chi connectivity index (χ1n) is 7.46. The average Bonchev–Trinajstić information content (AvgIpc) is 3.02. The lowest BCUT2D eigenvalue weighted by atomic mass is 10.2. The predicted molar refractivity (Wildman–Crippen MR) is 94.3 cm³/mol. The monoisotopic (exact) mass is 334 g/mol. The van der Waals surface area contributed by atoms with Gasteiger partial charge in [-0.25, -0.2) is 9.67 Å². The summed E-state index contributed by atoms with van der Waals surface area (Å²) in [4.78, 5) is 4.69. The van der Waals surface area contributed by atoms with Crippen molar-refractivity contribution in [3.8, 4) is 16.9 Å². The van der Waals surface area contributed by atoms with Crippen molar-refractivity contribution in [3.63, 3.8) is 0 Å². The van der Waals surface area contributed by atoms with Crippen molar-refractivity contribution in [2.24, 2.45) is 5.16 Å². The molecule has 0 aliphatic heterocycles. The molecule has 0 atom stereocenters. The Morgan fingerprint density at radius 3 is 2.58 bits per heavy atom. The van der Waals surface area contributed by atoms with Crippen LogP contribution in [0.5, 0.6) is 0 Å². The maximum atomic E-state index is 9.42. The Morgan fingerprint density at radius 1 is 1.04 bits per heavy atom. The molecule has 1 N–H and O–H groups in total. The first kappa shape index (κ1) is 14.6. The molecule has 0 aliphatic carbocycles. The lowest BCUT2D eigenvalue weighted by molar-refractivity contribution is 0.304. The molecule has 5 nitrogen and oxygen atoms in total. The Balaban J connectivity index is 1.94. The van der Waals surface area contributed by atoms with Crippen molar-refractivity contribution in [1.29, 1.82) is 0 Å². The third-order valence-corrected chi connectivity index (χ3v) is 4.90. The molecular formula is C18H14N4OS. The molecule has 4 aromatic rings. The van der Waals surface area contributed by atoms with Gasteiger partial charge in [0.2, 0.25) is 0 Å². The van der Waals surface area contributed by atoms with Gasteiger partial charge in [-0.05, 0) is 31.2 Å². The highest BCUT2D eigenvalue weighted by molar-refractivity contribution is 7.16. The number of benzene rings is 2. The van der Waals surface area contributed by atoms with E-state index in [1.165, 1.54) is 11.3 Å². The third-order valence-electron chi connectivity index (χ3n) is 3.86.